The summed E-state index contributed by atoms with van der Waals surface area (Å²) in [6, 6.07) is 0. The fraction of sp³-hybridized carbons (Fsp3) is 0.556. The summed E-state index contributed by atoms with van der Waals surface area (Å²) in [5, 5.41) is 4.60. The summed E-state index contributed by atoms with van der Waals surface area (Å²) in [7, 11) is 1.66. The monoisotopic (exact) mass is 358 g/mol. The van der Waals surface area contributed by atoms with Crippen molar-refractivity contribution in [3.63, 3.8) is 0 Å². The van der Waals surface area contributed by atoms with Gasteiger partial charge < -0.3 is 4.57 Å². The first-order valence-electron chi connectivity index (χ1n) is 9.06. The molecule has 0 aliphatic carbocycles. The standard InChI is InChI=1S/C18H26N6O2/c1-7-9-22-14-15(21(6)18(26)23(10-8-2)16(14)25)19-17(22)24-13(5)11(3)12(4)20-24/h7-10H2,1-6H3. The lowest BCUT2D eigenvalue weighted by atomic mass is 10.2. The van der Waals surface area contributed by atoms with Gasteiger partial charge in [-0.1, -0.05) is 13.8 Å². The molecule has 8 nitrogen and oxygen atoms in total. The molecule has 3 aromatic heterocycles. The van der Waals surface area contributed by atoms with Crippen LogP contribution < -0.4 is 11.2 Å². The predicted molar refractivity (Wildman–Crippen MR) is 101 cm³/mol. The largest absolute Gasteiger partial charge is 0.332 e. The van der Waals surface area contributed by atoms with Gasteiger partial charge in [0.05, 0.1) is 5.69 Å². The van der Waals surface area contributed by atoms with Crippen molar-refractivity contribution in [2.75, 3.05) is 0 Å². The highest BCUT2D eigenvalue weighted by Gasteiger charge is 2.22. The van der Waals surface area contributed by atoms with Gasteiger partial charge >= 0.3 is 5.69 Å². The molecule has 0 aliphatic heterocycles. The van der Waals surface area contributed by atoms with Crippen molar-refractivity contribution in [2.45, 2.75) is 60.5 Å². The third-order valence-electron chi connectivity index (χ3n) is 4.95. The Morgan fingerprint density at radius 1 is 0.962 bits per heavy atom. The van der Waals surface area contributed by atoms with Gasteiger partial charge in [0.2, 0.25) is 5.95 Å². The number of nitrogens with zero attached hydrogens (tertiary/aromatic N) is 6. The van der Waals surface area contributed by atoms with Crippen LogP contribution in [-0.2, 0) is 20.1 Å². The molecule has 8 heteroatoms. The molecular weight excluding hydrogens is 332 g/mol. The van der Waals surface area contributed by atoms with Crippen molar-refractivity contribution < 1.29 is 0 Å². The number of fused-ring (bicyclic) bond motifs is 1. The van der Waals surface area contributed by atoms with Crippen molar-refractivity contribution >= 4 is 11.2 Å². The zero-order valence-electron chi connectivity index (χ0n) is 16.3. The Labute approximate surface area is 151 Å². The molecule has 0 bridgehead atoms. The maximum Gasteiger partial charge on any atom is 0.332 e. The molecular formula is C18H26N6O2. The van der Waals surface area contributed by atoms with Gasteiger partial charge in [-0.25, -0.2) is 9.48 Å². The first kappa shape index (κ1) is 18.2. The van der Waals surface area contributed by atoms with Gasteiger partial charge in [-0.05, 0) is 39.2 Å². The lowest BCUT2D eigenvalue weighted by molar-refractivity contribution is 0.587. The summed E-state index contributed by atoms with van der Waals surface area (Å²) in [4.78, 5) is 30.3. The molecule has 0 spiro atoms. The highest BCUT2D eigenvalue weighted by molar-refractivity contribution is 5.72. The fourth-order valence-corrected chi connectivity index (χ4v) is 3.29. The van der Waals surface area contributed by atoms with E-state index in [1.165, 1.54) is 9.13 Å². The zero-order valence-corrected chi connectivity index (χ0v) is 16.3. The van der Waals surface area contributed by atoms with E-state index >= 15 is 0 Å². The Balaban J connectivity index is 2.46. The average molecular weight is 358 g/mol. The Kier molecular flexibility index (Phi) is 4.60. The van der Waals surface area contributed by atoms with Gasteiger partial charge in [-0.15, -0.1) is 0 Å². The van der Waals surface area contributed by atoms with Crippen LogP contribution >= 0.6 is 0 Å². The topological polar surface area (TPSA) is 79.6 Å². The molecule has 0 N–H and O–H groups in total. The van der Waals surface area contributed by atoms with Gasteiger partial charge in [-0.3, -0.25) is 13.9 Å². The van der Waals surface area contributed by atoms with Gasteiger partial charge in [0, 0.05) is 25.8 Å². The summed E-state index contributed by atoms with van der Waals surface area (Å²) in [6.45, 7) is 11.0. The number of imidazole rings is 1. The van der Waals surface area contributed by atoms with Gasteiger partial charge in [0.1, 0.15) is 0 Å². The van der Waals surface area contributed by atoms with Crippen LogP contribution in [0.5, 0.6) is 0 Å². The molecule has 0 saturated carbocycles. The number of aromatic nitrogens is 6. The zero-order chi connectivity index (χ0) is 19.2. The minimum atomic E-state index is -0.332. The van der Waals surface area contributed by atoms with E-state index in [1.807, 2.05) is 32.3 Å². The molecule has 0 atom stereocenters. The molecule has 0 fully saturated rings. The molecule has 3 aromatic rings. The molecule has 0 aliphatic rings. The third-order valence-corrected chi connectivity index (χ3v) is 4.95. The fourth-order valence-electron chi connectivity index (χ4n) is 3.29. The van der Waals surface area contributed by atoms with Crippen LogP contribution in [-0.4, -0.2) is 28.5 Å². The van der Waals surface area contributed by atoms with Gasteiger partial charge in [0.15, 0.2) is 11.2 Å². The lowest BCUT2D eigenvalue weighted by Gasteiger charge is -2.10. The Hall–Kier alpha value is -2.64. The Morgan fingerprint density at radius 3 is 2.12 bits per heavy atom. The summed E-state index contributed by atoms with van der Waals surface area (Å²) in [5.74, 6) is 0.580. The molecule has 0 amide bonds. The molecule has 0 radical (unpaired) electrons. The molecule has 26 heavy (non-hydrogen) atoms. The van der Waals surface area contributed by atoms with E-state index in [-0.39, 0.29) is 11.2 Å². The highest BCUT2D eigenvalue weighted by atomic mass is 16.2. The van der Waals surface area contributed by atoms with Crippen molar-refractivity contribution in [2.24, 2.45) is 7.05 Å². The number of hydrogen-bond donors (Lipinski definition) is 0. The summed E-state index contributed by atoms with van der Waals surface area (Å²) in [6.07, 6.45) is 1.55. The molecule has 3 heterocycles. The Morgan fingerprint density at radius 2 is 1.58 bits per heavy atom. The number of rotatable bonds is 5. The van der Waals surface area contributed by atoms with Crippen molar-refractivity contribution in [3.8, 4) is 5.95 Å². The average Bonchev–Trinajstić information content (AvgIpc) is 3.10. The minimum absolute atomic E-state index is 0.282. The van der Waals surface area contributed by atoms with Crippen LogP contribution in [0.1, 0.15) is 43.6 Å². The van der Waals surface area contributed by atoms with Crippen LogP contribution in [0.4, 0.5) is 0 Å². The highest BCUT2D eigenvalue weighted by Crippen LogP contribution is 2.20. The van der Waals surface area contributed by atoms with Gasteiger partial charge in [0.25, 0.3) is 5.56 Å². The van der Waals surface area contributed by atoms with Gasteiger partial charge in [-0.2, -0.15) is 10.1 Å². The maximum absolute atomic E-state index is 13.0. The molecule has 140 valence electrons. The van der Waals surface area contributed by atoms with Crippen LogP contribution in [0.2, 0.25) is 0 Å². The van der Waals surface area contributed by atoms with E-state index in [9.17, 15) is 9.59 Å². The first-order valence-corrected chi connectivity index (χ1v) is 9.06. The maximum atomic E-state index is 13.0. The number of aryl methyl sites for hydroxylation is 3. The third kappa shape index (κ3) is 2.51. The SMILES string of the molecule is CCCn1c(=O)c2c(nc(-n3nc(C)c(C)c3C)n2CCC)n(C)c1=O. The quantitative estimate of drug-likeness (QED) is 0.697. The second-order valence-corrected chi connectivity index (χ2v) is 6.74. The van der Waals surface area contributed by atoms with E-state index < -0.39 is 0 Å². The normalized spacial score (nSPS) is 11.6. The number of hydrogen-bond acceptors (Lipinski definition) is 4. The minimum Gasteiger partial charge on any atom is -0.302 e. The second kappa shape index (κ2) is 6.59. The molecule has 0 saturated heterocycles. The van der Waals surface area contributed by atoms with E-state index in [1.54, 1.807) is 11.7 Å². The lowest BCUT2D eigenvalue weighted by Crippen LogP contribution is -2.39. The summed E-state index contributed by atoms with van der Waals surface area (Å²) >= 11 is 0. The second-order valence-electron chi connectivity index (χ2n) is 6.74. The van der Waals surface area contributed by atoms with Crippen LogP contribution in [0, 0.1) is 20.8 Å². The smallest absolute Gasteiger partial charge is 0.302 e. The predicted octanol–water partition coefficient (Wildman–Crippen LogP) is 1.83. The van der Waals surface area contributed by atoms with E-state index in [0.717, 1.165) is 23.4 Å². The molecule has 0 aromatic carbocycles. The summed E-state index contributed by atoms with van der Waals surface area (Å²) < 4.78 is 6.42. The van der Waals surface area contributed by atoms with Crippen LogP contribution in [0.25, 0.3) is 17.1 Å². The van der Waals surface area contributed by atoms with Crippen molar-refractivity contribution in [3.05, 3.63) is 37.8 Å². The van der Waals surface area contributed by atoms with Crippen LogP contribution in [0.3, 0.4) is 0 Å². The van der Waals surface area contributed by atoms with E-state index in [2.05, 4.69) is 17.0 Å². The van der Waals surface area contributed by atoms with Crippen molar-refractivity contribution in [1.82, 2.24) is 28.5 Å². The summed E-state index contributed by atoms with van der Waals surface area (Å²) in [5.41, 5.74) is 3.25. The van der Waals surface area contributed by atoms with E-state index in [4.69, 9.17) is 0 Å². The first-order chi connectivity index (χ1) is 12.3. The Bertz CT molecular complexity index is 1100. The molecule has 3 rings (SSSR count). The van der Waals surface area contributed by atoms with Crippen LogP contribution in [0.15, 0.2) is 9.59 Å². The van der Waals surface area contributed by atoms with E-state index in [0.29, 0.717) is 36.6 Å². The van der Waals surface area contributed by atoms with Crippen molar-refractivity contribution in [1.29, 1.82) is 0 Å². The molecule has 0 unspecified atom stereocenters.